The van der Waals surface area contributed by atoms with Crippen molar-refractivity contribution < 1.29 is 0 Å². The maximum absolute atomic E-state index is 6.09. The van der Waals surface area contributed by atoms with E-state index in [1.165, 1.54) is 0 Å². The second-order valence-electron chi connectivity index (χ2n) is 5.79. The van der Waals surface area contributed by atoms with Crippen molar-refractivity contribution in [1.82, 2.24) is 14.9 Å². The first-order valence-electron chi connectivity index (χ1n) is 6.10. The number of halogens is 1. The number of nitrogens with one attached hydrogen (secondary N) is 1. The molecule has 0 aliphatic rings. The van der Waals surface area contributed by atoms with E-state index in [4.69, 9.17) is 11.6 Å². The number of nitrogens with zero attached hydrogens (tertiary/aromatic N) is 3. The Bertz CT molecular complexity index is 416. The van der Waals surface area contributed by atoms with Gasteiger partial charge in [0.25, 0.3) is 0 Å². The van der Waals surface area contributed by atoms with Gasteiger partial charge in [0.1, 0.15) is 0 Å². The van der Waals surface area contributed by atoms with Crippen molar-refractivity contribution in [1.29, 1.82) is 0 Å². The number of hydrogen-bond donors (Lipinski definition) is 1. The van der Waals surface area contributed by atoms with Crippen LogP contribution in [-0.2, 0) is 0 Å². The summed E-state index contributed by atoms with van der Waals surface area (Å²) in [5.74, 6) is 0.673. The molecule has 0 fully saturated rings. The molecule has 0 unspecified atom stereocenters. The molecule has 5 heteroatoms. The molecule has 0 radical (unpaired) electrons. The van der Waals surface area contributed by atoms with Crippen LogP contribution in [0.3, 0.4) is 0 Å². The third-order valence-electron chi connectivity index (χ3n) is 2.74. The predicted molar refractivity (Wildman–Crippen MR) is 77.3 cm³/mol. The minimum absolute atomic E-state index is 0.146. The van der Waals surface area contributed by atoms with Crippen LogP contribution in [-0.4, -0.2) is 42.1 Å². The lowest BCUT2D eigenvalue weighted by Gasteiger charge is -2.28. The summed E-state index contributed by atoms with van der Waals surface area (Å²) < 4.78 is 0. The normalized spacial score (nSPS) is 12.0. The number of aryl methyl sites for hydroxylation is 2. The summed E-state index contributed by atoms with van der Waals surface area (Å²) in [7, 11) is 4.15. The highest BCUT2D eigenvalue weighted by Gasteiger charge is 2.19. The zero-order valence-electron chi connectivity index (χ0n) is 12.1. The maximum Gasteiger partial charge on any atom is 0.171 e. The van der Waals surface area contributed by atoms with Crippen LogP contribution < -0.4 is 5.32 Å². The molecule has 0 aliphatic carbocycles. The number of anilines is 1. The lowest BCUT2D eigenvalue weighted by molar-refractivity contribution is 0.254. The monoisotopic (exact) mass is 270 g/mol. The molecule has 1 aromatic heterocycles. The van der Waals surface area contributed by atoms with Crippen LogP contribution in [0.1, 0.15) is 25.2 Å². The molecule has 0 saturated carbocycles. The van der Waals surface area contributed by atoms with Gasteiger partial charge < -0.3 is 10.2 Å². The largest absolute Gasteiger partial charge is 0.367 e. The lowest BCUT2D eigenvalue weighted by Crippen LogP contribution is -2.34. The van der Waals surface area contributed by atoms with Crippen molar-refractivity contribution in [2.45, 2.75) is 27.7 Å². The quantitative estimate of drug-likeness (QED) is 0.893. The van der Waals surface area contributed by atoms with E-state index in [9.17, 15) is 0 Å². The van der Waals surface area contributed by atoms with E-state index in [-0.39, 0.29) is 5.41 Å². The summed E-state index contributed by atoms with van der Waals surface area (Å²) in [4.78, 5) is 10.9. The smallest absolute Gasteiger partial charge is 0.171 e. The van der Waals surface area contributed by atoms with Gasteiger partial charge in [-0.1, -0.05) is 25.4 Å². The molecule has 0 aromatic carbocycles. The van der Waals surface area contributed by atoms with E-state index in [0.29, 0.717) is 11.0 Å². The Balaban J connectivity index is 2.72. The second kappa shape index (κ2) is 5.85. The zero-order chi connectivity index (χ0) is 13.9. The van der Waals surface area contributed by atoms with Gasteiger partial charge >= 0.3 is 0 Å². The molecule has 1 aromatic rings. The van der Waals surface area contributed by atoms with Gasteiger partial charge in [0.15, 0.2) is 11.0 Å². The summed E-state index contributed by atoms with van der Waals surface area (Å²) in [6.45, 7) is 10.1. The Labute approximate surface area is 115 Å². The van der Waals surface area contributed by atoms with Gasteiger partial charge in [-0.2, -0.15) is 0 Å². The fourth-order valence-corrected chi connectivity index (χ4v) is 2.16. The summed E-state index contributed by atoms with van der Waals surface area (Å²) in [5, 5.41) is 3.74. The molecule has 0 saturated heterocycles. The van der Waals surface area contributed by atoms with Crippen LogP contribution in [0.4, 0.5) is 5.82 Å². The average molecular weight is 271 g/mol. The second-order valence-corrected chi connectivity index (χ2v) is 6.15. The molecule has 0 spiro atoms. The van der Waals surface area contributed by atoms with Gasteiger partial charge in [-0.25, -0.2) is 9.97 Å². The molecule has 0 bridgehead atoms. The zero-order valence-corrected chi connectivity index (χ0v) is 12.9. The number of hydrogen-bond acceptors (Lipinski definition) is 4. The molecular formula is C13H23ClN4. The Morgan fingerprint density at radius 3 is 2.28 bits per heavy atom. The third-order valence-corrected chi connectivity index (χ3v) is 3.01. The van der Waals surface area contributed by atoms with E-state index in [2.05, 4.69) is 48.1 Å². The summed E-state index contributed by atoms with van der Waals surface area (Å²) >= 11 is 6.09. The van der Waals surface area contributed by atoms with Crippen LogP contribution in [0, 0.1) is 19.3 Å². The summed E-state index contributed by atoms with van der Waals surface area (Å²) in [6, 6.07) is 0. The van der Waals surface area contributed by atoms with Crippen molar-refractivity contribution in [3.8, 4) is 0 Å². The SMILES string of the molecule is Cc1nc(Cl)c(NCC(C)(C)CN(C)C)nc1C. The van der Waals surface area contributed by atoms with Gasteiger partial charge in [0, 0.05) is 13.1 Å². The summed E-state index contributed by atoms with van der Waals surface area (Å²) in [6.07, 6.45) is 0. The fourth-order valence-electron chi connectivity index (χ4n) is 1.92. The molecule has 0 amide bonds. The molecule has 0 aliphatic heterocycles. The van der Waals surface area contributed by atoms with Gasteiger partial charge in [0.2, 0.25) is 0 Å². The lowest BCUT2D eigenvalue weighted by atomic mass is 9.93. The van der Waals surface area contributed by atoms with Crippen molar-refractivity contribution in [3.63, 3.8) is 0 Å². The minimum atomic E-state index is 0.146. The molecule has 1 rings (SSSR count). The molecule has 4 nitrogen and oxygen atoms in total. The van der Waals surface area contributed by atoms with Gasteiger partial charge in [-0.15, -0.1) is 0 Å². The van der Waals surface area contributed by atoms with E-state index in [1.807, 2.05) is 13.8 Å². The van der Waals surface area contributed by atoms with Crippen LogP contribution in [0.25, 0.3) is 0 Å². The maximum atomic E-state index is 6.09. The average Bonchev–Trinajstić information content (AvgIpc) is 2.19. The van der Waals surface area contributed by atoms with Crippen molar-refractivity contribution >= 4 is 17.4 Å². The van der Waals surface area contributed by atoms with E-state index < -0.39 is 0 Å². The van der Waals surface area contributed by atoms with Gasteiger partial charge in [-0.05, 0) is 33.4 Å². The standard InChI is InChI=1S/C13H23ClN4/c1-9-10(2)17-12(11(14)16-9)15-7-13(3,4)8-18(5)6/h7-8H2,1-6H3,(H,15,17). The molecule has 1 heterocycles. The van der Waals surface area contributed by atoms with E-state index in [1.54, 1.807) is 0 Å². The highest BCUT2D eigenvalue weighted by molar-refractivity contribution is 6.31. The first-order valence-corrected chi connectivity index (χ1v) is 6.48. The van der Waals surface area contributed by atoms with Crippen LogP contribution in [0.15, 0.2) is 0 Å². The minimum Gasteiger partial charge on any atom is -0.367 e. The Morgan fingerprint density at radius 1 is 1.17 bits per heavy atom. The molecule has 18 heavy (non-hydrogen) atoms. The molecular weight excluding hydrogens is 248 g/mol. The summed E-state index contributed by atoms with van der Waals surface area (Å²) in [5.41, 5.74) is 1.93. The number of rotatable bonds is 5. The Kier molecular flexibility index (Phi) is 4.93. The first-order chi connectivity index (χ1) is 8.21. The Hall–Kier alpha value is -0.870. The van der Waals surface area contributed by atoms with Crippen molar-refractivity contribution in [3.05, 3.63) is 16.5 Å². The predicted octanol–water partition coefficient (Wildman–Crippen LogP) is 2.75. The first kappa shape index (κ1) is 15.2. The topological polar surface area (TPSA) is 41.1 Å². The number of aromatic nitrogens is 2. The van der Waals surface area contributed by atoms with Crippen molar-refractivity contribution in [2.75, 3.05) is 32.5 Å². The molecule has 1 N–H and O–H groups in total. The fraction of sp³-hybridized carbons (Fsp3) is 0.692. The molecule has 102 valence electrons. The van der Waals surface area contributed by atoms with E-state index in [0.717, 1.165) is 24.5 Å². The third kappa shape index (κ3) is 4.42. The van der Waals surface area contributed by atoms with Crippen LogP contribution in [0.2, 0.25) is 5.15 Å². The van der Waals surface area contributed by atoms with Gasteiger partial charge in [0.05, 0.1) is 11.4 Å². The van der Waals surface area contributed by atoms with Gasteiger partial charge in [-0.3, -0.25) is 0 Å². The van der Waals surface area contributed by atoms with E-state index >= 15 is 0 Å². The van der Waals surface area contributed by atoms with Crippen LogP contribution >= 0.6 is 11.6 Å². The van der Waals surface area contributed by atoms with Crippen molar-refractivity contribution in [2.24, 2.45) is 5.41 Å². The Morgan fingerprint density at radius 2 is 1.72 bits per heavy atom. The highest BCUT2D eigenvalue weighted by atomic mass is 35.5. The highest BCUT2D eigenvalue weighted by Crippen LogP contribution is 2.21. The molecule has 0 atom stereocenters. The van der Waals surface area contributed by atoms with Crippen LogP contribution in [0.5, 0.6) is 0 Å².